The second kappa shape index (κ2) is 8.76. The summed E-state index contributed by atoms with van der Waals surface area (Å²) >= 11 is 0. The molecule has 0 aliphatic heterocycles. The third kappa shape index (κ3) is 5.27. The first-order valence-electron chi connectivity index (χ1n) is 7.15. The summed E-state index contributed by atoms with van der Waals surface area (Å²) in [6.07, 6.45) is 7.72. The third-order valence-corrected chi connectivity index (χ3v) is 3.14. The molecule has 0 spiro atoms. The van der Waals surface area contributed by atoms with Gasteiger partial charge in [0, 0.05) is 0 Å². The van der Waals surface area contributed by atoms with Crippen LogP contribution in [0.3, 0.4) is 0 Å². The largest absolute Gasteiger partial charge is 0.0990 e. The molecule has 0 nitrogen and oxygen atoms in total. The van der Waals surface area contributed by atoms with Crippen LogP contribution in [0.15, 0.2) is 91.1 Å². The lowest BCUT2D eigenvalue weighted by Gasteiger charge is -1.98. The highest BCUT2D eigenvalue weighted by molar-refractivity contribution is 5.85. The molecule has 0 saturated carbocycles. The van der Waals surface area contributed by atoms with Crippen molar-refractivity contribution in [2.24, 2.45) is 0 Å². The number of benzene rings is 2. The van der Waals surface area contributed by atoms with Crippen LogP contribution in [0.4, 0.5) is 0 Å². The molecule has 0 amide bonds. The lowest BCUT2D eigenvalue weighted by molar-refractivity contribution is 1.44. The Bertz CT molecular complexity index is 664. The van der Waals surface area contributed by atoms with Crippen molar-refractivity contribution in [3.8, 4) is 0 Å². The first-order valence-corrected chi connectivity index (χ1v) is 7.15. The molecular formula is C21H24. The topological polar surface area (TPSA) is 0 Å². The fourth-order valence-electron chi connectivity index (χ4n) is 2.03. The number of hydrogen-bond acceptors (Lipinski definition) is 0. The van der Waals surface area contributed by atoms with Crippen molar-refractivity contribution in [2.75, 3.05) is 0 Å². The summed E-state index contributed by atoms with van der Waals surface area (Å²) in [4.78, 5) is 0. The number of allylic oxidation sites excluding steroid dienone is 6. The second-order valence-corrected chi connectivity index (χ2v) is 4.93. The molecular weight excluding hydrogens is 252 g/mol. The zero-order valence-corrected chi connectivity index (χ0v) is 13.3. The van der Waals surface area contributed by atoms with Gasteiger partial charge in [-0.25, -0.2) is 0 Å². The van der Waals surface area contributed by atoms with Crippen LogP contribution in [0.1, 0.15) is 19.4 Å². The van der Waals surface area contributed by atoms with Crippen molar-refractivity contribution >= 4 is 10.8 Å². The Hall–Kier alpha value is -2.34. The predicted molar refractivity (Wildman–Crippen MR) is 96.6 cm³/mol. The minimum Gasteiger partial charge on any atom is -0.0990 e. The van der Waals surface area contributed by atoms with Crippen LogP contribution in [-0.2, 0) is 0 Å². The SMILES string of the molecule is C=C/C=C(\C=C/C)C(=C)C.Cc1cccc2ccccc12. The van der Waals surface area contributed by atoms with Crippen LogP contribution < -0.4 is 0 Å². The zero-order chi connectivity index (χ0) is 15.7. The Kier molecular flexibility index (Phi) is 6.97. The van der Waals surface area contributed by atoms with E-state index in [1.54, 1.807) is 6.08 Å². The average Bonchev–Trinajstić information content (AvgIpc) is 2.48. The maximum Gasteiger partial charge on any atom is -0.0155 e. The van der Waals surface area contributed by atoms with Crippen LogP contribution in [0, 0.1) is 6.92 Å². The Morgan fingerprint density at radius 2 is 1.71 bits per heavy atom. The molecule has 2 aromatic carbocycles. The first-order chi connectivity index (χ1) is 10.1. The maximum absolute atomic E-state index is 3.83. The maximum atomic E-state index is 3.83. The average molecular weight is 276 g/mol. The molecule has 0 atom stereocenters. The van der Waals surface area contributed by atoms with Gasteiger partial charge in [-0.1, -0.05) is 85.5 Å². The highest BCUT2D eigenvalue weighted by Gasteiger charge is 1.92. The van der Waals surface area contributed by atoms with E-state index in [2.05, 4.69) is 62.5 Å². The van der Waals surface area contributed by atoms with E-state index in [0.717, 1.165) is 11.1 Å². The van der Waals surface area contributed by atoms with Gasteiger partial charge < -0.3 is 0 Å². The fourth-order valence-corrected chi connectivity index (χ4v) is 2.03. The van der Waals surface area contributed by atoms with E-state index in [4.69, 9.17) is 0 Å². The number of rotatable bonds is 3. The van der Waals surface area contributed by atoms with Crippen LogP contribution in [0.2, 0.25) is 0 Å². The van der Waals surface area contributed by atoms with E-state index in [0.29, 0.717) is 0 Å². The molecule has 0 heteroatoms. The molecule has 0 unspecified atom stereocenters. The smallest absolute Gasteiger partial charge is 0.0155 e. The van der Waals surface area contributed by atoms with Crippen molar-refractivity contribution < 1.29 is 0 Å². The van der Waals surface area contributed by atoms with E-state index < -0.39 is 0 Å². The van der Waals surface area contributed by atoms with Crippen LogP contribution >= 0.6 is 0 Å². The highest BCUT2D eigenvalue weighted by Crippen LogP contribution is 2.16. The van der Waals surface area contributed by atoms with E-state index in [1.807, 2.05) is 32.1 Å². The minimum absolute atomic E-state index is 1.07. The van der Waals surface area contributed by atoms with Gasteiger partial charge in [0.15, 0.2) is 0 Å². The van der Waals surface area contributed by atoms with Crippen LogP contribution in [0.25, 0.3) is 10.8 Å². The van der Waals surface area contributed by atoms with Crippen molar-refractivity contribution in [3.05, 3.63) is 96.6 Å². The Labute approximate surface area is 128 Å². The van der Waals surface area contributed by atoms with Crippen molar-refractivity contribution in [3.63, 3.8) is 0 Å². The lowest BCUT2D eigenvalue weighted by Crippen LogP contribution is -1.76. The normalized spacial score (nSPS) is 11.1. The molecule has 0 bridgehead atoms. The molecule has 21 heavy (non-hydrogen) atoms. The molecule has 0 heterocycles. The summed E-state index contributed by atoms with van der Waals surface area (Å²) in [7, 11) is 0. The van der Waals surface area contributed by atoms with Gasteiger partial charge >= 0.3 is 0 Å². The quantitative estimate of drug-likeness (QED) is 0.569. The van der Waals surface area contributed by atoms with Gasteiger partial charge in [-0.2, -0.15) is 0 Å². The monoisotopic (exact) mass is 276 g/mol. The highest BCUT2D eigenvalue weighted by atomic mass is 14.0. The number of hydrogen-bond donors (Lipinski definition) is 0. The molecule has 108 valence electrons. The van der Waals surface area contributed by atoms with Gasteiger partial charge in [0.05, 0.1) is 0 Å². The summed E-state index contributed by atoms with van der Waals surface area (Å²) in [5.74, 6) is 0. The summed E-state index contributed by atoms with van der Waals surface area (Å²) < 4.78 is 0. The van der Waals surface area contributed by atoms with Crippen molar-refractivity contribution in [2.45, 2.75) is 20.8 Å². The van der Waals surface area contributed by atoms with E-state index in [9.17, 15) is 0 Å². The van der Waals surface area contributed by atoms with Gasteiger partial charge in [0.2, 0.25) is 0 Å². The van der Waals surface area contributed by atoms with E-state index >= 15 is 0 Å². The van der Waals surface area contributed by atoms with E-state index in [-0.39, 0.29) is 0 Å². The van der Waals surface area contributed by atoms with Crippen molar-refractivity contribution in [1.29, 1.82) is 0 Å². The summed E-state index contributed by atoms with van der Waals surface area (Å²) in [5, 5.41) is 2.68. The second-order valence-electron chi connectivity index (χ2n) is 4.93. The fraction of sp³-hybridized carbons (Fsp3) is 0.143. The van der Waals surface area contributed by atoms with Gasteiger partial charge in [-0.15, -0.1) is 0 Å². The number of fused-ring (bicyclic) bond motifs is 1. The van der Waals surface area contributed by atoms with Gasteiger partial charge in [0.1, 0.15) is 0 Å². The molecule has 0 fully saturated rings. The Morgan fingerprint density at radius 1 is 1.05 bits per heavy atom. The predicted octanol–water partition coefficient (Wildman–Crippen LogP) is 6.40. The standard InChI is InChI=1S/C11H10.C10H14/c1-9-5-4-7-10-6-2-3-8-11(9)10;1-5-7-10(8-6-2)9(3)4/h2-8H,1H3;5-8H,1,3H2,2,4H3/b;8-6-,10-7+. The van der Waals surface area contributed by atoms with Crippen LogP contribution in [0.5, 0.6) is 0 Å². The summed E-state index contributed by atoms with van der Waals surface area (Å²) in [6.45, 7) is 13.5. The molecule has 0 saturated heterocycles. The zero-order valence-electron chi connectivity index (χ0n) is 13.3. The van der Waals surface area contributed by atoms with Crippen molar-refractivity contribution in [1.82, 2.24) is 0 Å². The van der Waals surface area contributed by atoms with Crippen LogP contribution in [-0.4, -0.2) is 0 Å². The first kappa shape index (κ1) is 16.7. The minimum atomic E-state index is 1.07. The van der Waals surface area contributed by atoms with Gasteiger partial charge in [0.25, 0.3) is 0 Å². The molecule has 0 aromatic heterocycles. The molecule has 0 aliphatic rings. The molecule has 2 aromatic rings. The summed E-state index contributed by atoms with van der Waals surface area (Å²) in [5.41, 5.74) is 3.55. The number of aryl methyl sites for hydroxylation is 1. The lowest BCUT2D eigenvalue weighted by atomic mass is 10.1. The molecule has 0 radical (unpaired) electrons. The Morgan fingerprint density at radius 3 is 2.29 bits per heavy atom. The van der Waals surface area contributed by atoms with Gasteiger partial charge in [-0.05, 0) is 42.7 Å². The third-order valence-electron chi connectivity index (χ3n) is 3.14. The molecule has 0 N–H and O–H groups in total. The molecule has 0 aliphatic carbocycles. The molecule has 2 rings (SSSR count). The summed E-state index contributed by atoms with van der Waals surface area (Å²) in [6, 6.07) is 14.8. The Balaban J connectivity index is 0.000000212. The van der Waals surface area contributed by atoms with Gasteiger partial charge in [-0.3, -0.25) is 0 Å². The van der Waals surface area contributed by atoms with E-state index in [1.165, 1.54) is 16.3 Å².